The van der Waals surface area contributed by atoms with Gasteiger partial charge in [-0.1, -0.05) is 80.6 Å². The highest BCUT2D eigenvalue weighted by molar-refractivity contribution is 9.10. The molecule has 0 fully saturated rings. The molecular formula is C15H29BrO2. The van der Waals surface area contributed by atoms with E-state index in [1.165, 1.54) is 57.8 Å². The van der Waals surface area contributed by atoms with Crippen LogP contribution in [-0.2, 0) is 9.53 Å². The van der Waals surface area contributed by atoms with Crippen molar-refractivity contribution in [3.05, 3.63) is 0 Å². The topological polar surface area (TPSA) is 26.3 Å². The van der Waals surface area contributed by atoms with Crippen LogP contribution in [-0.4, -0.2) is 17.4 Å². The van der Waals surface area contributed by atoms with Crippen molar-refractivity contribution in [1.29, 1.82) is 0 Å². The standard InChI is InChI=1S/C15H29BrO2/c1-3-4-5-6-7-8-9-10-11-12-13-18-15(17)14(2)16/h14H,3-13H2,1-2H3. The van der Waals surface area contributed by atoms with Gasteiger partial charge in [-0.05, 0) is 13.3 Å². The van der Waals surface area contributed by atoms with Crippen LogP contribution in [0.3, 0.4) is 0 Å². The zero-order chi connectivity index (χ0) is 13.6. The van der Waals surface area contributed by atoms with Gasteiger partial charge in [0.15, 0.2) is 0 Å². The Morgan fingerprint density at radius 2 is 1.39 bits per heavy atom. The SMILES string of the molecule is CCCCCCCCCCCCOC(=O)C(C)Br. The van der Waals surface area contributed by atoms with Gasteiger partial charge < -0.3 is 4.74 Å². The summed E-state index contributed by atoms with van der Waals surface area (Å²) in [4.78, 5) is 11.0. The highest BCUT2D eigenvalue weighted by atomic mass is 79.9. The molecule has 0 aliphatic carbocycles. The van der Waals surface area contributed by atoms with Crippen molar-refractivity contribution in [2.75, 3.05) is 6.61 Å². The zero-order valence-corrected chi connectivity index (χ0v) is 13.6. The molecule has 0 aliphatic heterocycles. The molecule has 3 heteroatoms. The van der Waals surface area contributed by atoms with Crippen LogP contribution in [0.25, 0.3) is 0 Å². The number of hydrogen-bond donors (Lipinski definition) is 0. The van der Waals surface area contributed by atoms with Crippen LogP contribution in [0.1, 0.15) is 78.1 Å². The van der Waals surface area contributed by atoms with Crippen molar-refractivity contribution >= 4 is 21.9 Å². The summed E-state index contributed by atoms with van der Waals surface area (Å²) in [5.74, 6) is -0.147. The van der Waals surface area contributed by atoms with E-state index in [2.05, 4.69) is 22.9 Å². The molecule has 0 rings (SSSR count). The van der Waals surface area contributed by atoms with Crippen LogP contribution in [0.15, 0.2) is 0 Å². The van der Waals surface area contributed by atoms with Crippen molar-refractivity contribution in [2.24, 2.45) is 0 Å². The molecule has 1 unspecified atom stereocenters. The molecule has 0 radical (unpaired) electrons. The third-order valence-electron chi connectivity index (χ3n) is 3.07. The van der Waals surface area contributed by atoms with E-state index in [0.29, 0.717) is 6.61 Å². The van der Waals surface area contributed by atoms with Crippen molar-refractivity contribution < 1.29 is 9.53 Å². The van der Waals surface area contributed by atoms with Crippen LogP contribution in [0, 0.1) is 0 Å². The molecule has 0 aromatic heterocycles. The predicted octanol–water partition coefficient (Wildman–Crippen LogP) is 5.23. The monoisotopic (exact) mass is 320 g/mol. The lowest BCUT2D eigenvalue weighted by Gasteiger charge is -2.06. The number of unbranched alkanes of at least 4 members (excludes halogenated alkanes) is 9. The van der Waals surface area contributed by atoms with Crippen molar-refractivity contribution in [2.45, 2.75) is 82.9 Å². The number of alkyl halides is 1. The molecule has 1 atom stereocenters. The summed E-state index contributed by atoms with van der Waals surface area (Å²) in [5.41, 5.74) is 0. The zero-order valence-electron chi connectivity index (χ0n) is 12.0. The molecule has 0 aliphatic rings. The Balaban J connectivity index is 3.05. The molecule has 0 N–H and O–H groups in total. The minimum Gasteiger partial charge on any atom is -0.465 e. The maximum absolute atomic E-state index is 11.1. The molecule has 0 spiro atoms. The normalized spacial score (nSPS) is 12.4. The minimum absolute atomic E-state index is 0.147. The molecule has 0 amide bonds. The van der Waals surface area contributed by atoms with Gasteiger partial charge in [-0.3, -0.25) is 4.79 Å². The van der Waals surface area contributed by atoms with Gasteiger partial charge in [0.1, 0.15) is 4.83 Å². The first kappa shape index (κ1) is 17.9. The Labute approximate surface area is 121 Å². The van der Waals surface area contributed by atoms with E-state index in [4.69, 9.17) is 4.74 Å². The Bertz CT molecular complexity index is 193. The number of carbonyl (C=O) groups is 1. The molecule has 0 heterocycles. The lowest BCUT2D eigenvalue weighted by atomic mass is 10.1. The van der Waals surface area contributed by atoms with Gasteiger partial charge in [0, 0.05) is 0 Å². The number of halogens is 1. The number of carbonyl (C=O) groups excluding carboxylic acids is 1. The molecule has 0 bridgehead atoms. The smallest absolute Gasteiger partial charge is 0.319 e. The van der Waals surface area contributed by atoms with E-state index >= 15 is 0 Å². The molecule has 0 aromatic rings. The first-order valence-electron chi connectivity index (χ1n) is 7.49. The molecule has 18 heavy (non-hydrogen) atoms. The molecule has 0 aromatic carbocycles. The lowest BCUT2D eigenvalue weighted by Crippen LogP contribution is -2.14. The van der Waals surface area contributed by atoms with Gasteiger partial charge in [-0.25, -0.2) is 0 Å². The fraction of sp³-hybridized carbons (Fsp3) is 0.933. The van der Waals surface area contributed by atoms with Gasteiger partial charge >= 0.3 is 5.97 Å². The Hall–Kier alpha value is -0.0500. The molecule has 108 valence electrons. The highest BCUT2D eigenvalue weighted by Gasteiger charge is 2.08. The molecule has 0 saturated heterocycles. The van der Waals surface area contributed by atoms with Crippen LogP contribution in [0.4, 0.5) is 0 Å². The van der Waals surface area contributed by atoms with Crippen LogP contribution in [0.5, 0.6) is 0 Å². The van der Waals surface area contributed by atoms with E-state index in [-0.39, 0.29) is 10.8 Å². The average Bonchev–Trinajstić information content (AvgIpc) is 2.35. The average molecular weight is 321 g/mol. The third kappa shape index (κ3) is 12.4. The second kappa shape index (κ2) is 13.4. The first-order chi connectivity index (χ1) is 8.68. The summed E-state index contributed by atoms with van der Waals surface area (Å²) < 4.78 is 5.09. The van der Waals surface area contributed by atoms with E-state index in [1.54, 1.807) is 6.92 Å². The predicted molar refractivity (Wildman–Crippen MR) is 81.2 cm³/mol. The number of hydrogen-bond acceptors (Lipinski definition) is 2. The summed E-state index contributed by atoms with van der Waals surface area (Å²) in [6, 6.07) is 0. The minimum atomic E-state index is -0.180. The summed E-state index contributed by atoms with van der Waals surface area (Å²) in [7, 11) is 0. The van der Waals surface area contributed by atoms with Crippen LogP contribution in [0.2, 0.25) is 0 Å². The summed E-state index contributed by atoms with van der Waals surface area (Å²) >= 11 is 3.19. The van der Waals surface area contributed by atoms with Crippen LogP contribution >= 0.6 is 15.9 Å². The van der Waals surface area contributed by atoms with Gasteiger partial charge in [0.2, 0.25) is 0 Å². The summed E-state index contributed by atoms with van der Waals surface area (Å²) in [5, 5.41) is 0. The Kier molecular flexibility index (Phi) is 13.3. The molecule has 2 nitrogen and oxygen atoms in total. The van der Waals surface area contributed by atoms with E-state index in [1.807, 2.05) is 0 Å². The molecular weight excluding hydrogens is 292 g/mol. The third-order valence-corrected chi connectivity index (χ3v) is 3.44. The fourth-order valence-corrected chi connectivity index (χ4v) is 2.01. The van der Waals surface area contributed by atoms with Gasteiger partial charge in [0.05, 0.1) is 6.61 Å². The first-order valence-corrected chi connectivity index (χ1v) is 8.40. The quantitative estimate of drug-likeness (QED) is 0.279. The van der Waals surface area contributed by atoms with Crippen molar-refractivity contribution in [3.8, 4) is 0 Å². The van der Waals surface area contributed by atoms with Crippen molar-refractivity contribution in [1.82, 2.24) is 0 Å². The second-order valence-electron chi connectivity index (χ2n) is 4.97. The number of rotatable bonds is 12. The van der Waals surface area contributed by atoms with E-state index in [9.17, 15) is 4.79 Å². The molecule has 0 saturated carbocycles. The second-order valence-corrected chi connectivity index (χ2v) is 6.34. The van der Waals surface area contributed by atoms with E-state index < -0.39 is 0 Å². The van der Waals surface area contributed by atoms with Gasteiger partial charge in [-0.15, -0.1) is 0 Å². The maximum Gasteiger partial charge on any atom is 0.319 e. The maximum atomic E-state index is 11.1. The van der Waals surface area contributed by atoms with E-state index in [0.717, 1.165) is 6.42 Å². The lowest BCUT2D eigenvalue weighted by molar-refractivity contribution is -0.142. The Morgan fingerprint density at radius 1 is 0.944 bits per heavy atom. The number of esters is 1. The van der Waals surface area contributed by atoms with Crippen molar-refractivity contribution in [3.63, 3.8) is 0 Å². The largest absolute Gasteiger partial charge is 0.465 e. The van der Waals surface area contributed by atoms with Crippen LogP contribution < -0.4 is 0 Å². The Morgan fingerprint density at radius 3 is 1.83 bits per heavy atom. The number of ether oxygens (including phenoxy) is 1. The fourth-order valence-electron chi connectivity index (χ4n) is 1.88. The summed E-state index contributed by atoms with van der Waals surface area (Å²) in [6.07, 6.45) is 13.0. The summed E-state index contributed by atoms with van der Waals surface area (Å²) in [6.45, 7) is 4.62. The van der Waals surface area contributed by atoms with Gasteiger partial charge in [0.25, 0.3) is 0 Å². The van der Waals surface area contributed by atoms with Gasteiger partial charge in [-0.2, -0.15) is 0 Å². The highest BCUT2D eigenvalue weighted by Crippen LogP contribution is 2.10.